The molecule has 1 aromatic rings. The third-order valence-corrected chi connectivity index (χ3v) is 8.10. The molecule has 1 saturated carbocycles. The molecular weight excluding hydrogens is 388 g/mol. The number of fused-ring (bicyclic) bond motifs is 3. The minimum absolute atomic E-state index is 0.0256. The molecule has 3 N–H and O–H groups in total. The second kappa shape index (κ2) is 10.1. The second-order valence-electron chi connectivity index (χ2n) is 10.9. The third-order valence-electron chi connectivity index (χ3n) is 8.10. The van der Waals surface area contributed by atoms with Crippen molar-refractivity contribution >= 4 is 0 Å². The van der Waals surface area contributed by atoms with Crippen molar-refractivity contribution in [2.45, 2.75) is 109 Å². The zero-order chi connectivity index (χ0) is 22.6. The highest BCUT2D eigenvalue weighted by Gasteiger charge is 2.49. The third kappa shape index (κ3) is 5.22. The predicted molar refractivity (Wildman–Crippen MR) is 126 cm³/mol. The monoisotopic (exact) mass is 432 g/mol. The fourth-order valence-electron chi connectivity index (χ4n) is 6.06. The van der Waals surface area contributed by atoms with Crippen LogP contribution >= 0.6 is 0 Å². The van der Waals surface area contributed by atoms with Gasteiger partial charge in [-0.2, -0.15) is 0 Å². The summed E-state index contributed by atoms with van der Waals surface area (Å²) in [6, 6.07) is 4.14. The molecule has 1 aliphatic carbocycles. The zero-order valence-corrected chi connectivity index (χ0v) is 20.1. The van der Waals surface area contributed by atoms with Crippen molar-refractivity contribution in [2.24, 2.45) is 11.8 Å². The summed E-state index contributed by atoms with van der Waals surface area (Å²) in [7, 11) is 0. The van der Waals surface area contributed by atoms with Crippen LogP contribution < -0.4 is 4.74 Å². The SMILES string of the molecule is CCCCCCC(C)(C)c1cc(O)c2c(c1)O[C@@](C)(CCCO)[C@@H]1CC[C@@H](CO)C[C@@H]21. The average molecular weight is 433 g/mol. The van der Waals surface area contributed by atoms with Gasteiger partial charge in [0.2, 0.25) is 0 Å². The van der Waals surface area contributed by atoms with E-state index in [1.165, 1.54) is 25.7 Å². The molecule has 4 atom stereocenters. The first kappa shape index (κ1) is 24.4. The molecule has 4 nitrogen and oxygen atoms in total. The summed E-state index contributed by atoms with van der Waals surface area (Å²) in [6.45, 7) is 9.31. The molecule has 0 bridgehead atoms. The van der Waals surface area contributed by atoms with Gasteiger partial charge in [-0.1, -0.05) is 46.5 Å². The molecule has 4 heteroatoms. The Kier molecular flexibility index (Phi) is 7.96. The molecular formula is C27H44O4. The summed E-state index contributed by atoms with van der Waals surface area (Å²) in [5.41, 5.74) is 1.70. The first-order chi connectivity index (χ1) is 14.8. The van der Waals surface area contributed by atoms with Gasteiger partial charge >= 0.3 is 0 Å². The molecule has 0 spiro atoms. The molecule has 0 radical (unpaired) electrons. The predicted octanol–water partition coefficient (Wildman–Crippen LogP) is 6.06. The number of hydrogen-bond acceptors (Lipinski definition) is 4. The summed E-state index contributed by atoms with van der Waals surface area (Å²) < 4.78 is 6.69. The minimum Gasteiger partial charge on any atom is -0.508 e. The van der Waals surface area contributed by atoms with Crippen LogP contribution in [0.1, 0.15) is 109 Å². The van der Waals surface area contributed by atoms with Crippen molar-refractivity contribution in [3.63, 3.8) is 0 Å². The van der Waals surface area contributed by atoms with Crippen molar-refractivity contribution in [2.75, 3.05) is 13.2 Å². The van der Waals surface area contributed by atoms with Crippen LogP contribution in [0.25, 0.3) is 0 Å². The standard InChI is InChI=1S/C27H44O4/c1-5-6-7-8-12-26(2,3)20-16-23(30)25-21-15-19(18-29)10-11-22(21)27(4,13-9-14-28)31-24(25)17-20/h16-17,19,21-22,28-30H,5-15,18H2,1-4H3/t19-,21-,22-,27+/m1/s1. The topological polar surface area (TPSA) is 69.9 Å². The molecule has 1 fully saturated rings. The lowest BCUT2D eigenvalue weighted by atomic mass is 9.62. The summed E-state index contributed by atoms with van der Waals surface area (Å²) in [6.07, 6.45) is 10.4. The Bertz CT molecular complexity index is 728. The fraction of sp³-hybridized carbons (Fsp3) is 0.778. The van der Waals surface area contributed by atoms with Gasteiger partial charge in [0.15, 0.2) is 0 Å². The largest absolute Gasteiger partial charge is 0.508 e. The Labute approximate surface area is 189 Å². The molecule has 1 aliphatic heterocycles. The van der Waals surface area contributed by atoms with Crippen LogP contribution in [0.4, 0.5) is 0 Å². The molecule has 0 aromatic heterocycles. The van der Waals surface area contributed by atoms with Gasteiger partial charge in [-0.05, 0) is 80.4 Å². The van der Waals surface area contributed by atoms with E-state index < -0.39 is 0 Å². The summed E-state index contributed by atoms with van der Waals surface area (Å²) in [5, 5.41) is 30.5. The number of aliphatic hydroxyl groups is 2. The number of phenolic OH excluding ortho intramolecular Hbond substituents is 1. The molecule has 176 valence electrons. The van der Waals surface area contributed by atoms with E-state index in [9.17, 15) is 15.3 Å². The van der Waals surface area contributed by atoms with E-state index >= 15 is 0 Å². The highest BCUT2D eigenvalue weighted by Crippen LogP contribution is 2.57. The summed E-state index contributed by atoms with van der Waals surface area (Å²) in [4.78, 5) is 0. The number of hydrogen-bond donors (Lipinski definition) is 3. The van der Waals surface area contributed by atoms with Crippen LogP contribution in [0.3, 0.4) is 0 Å². The Morgan fingerprint density at radius 1 is 1.10 bits per heavy atom. The zero-order valence-electron chi connectivity index (χ0n) is 20.1. The number of aliphatic hydroxyl groups excluding tert-OH is 2. The van der Waals surface area contributed by atoms with Gasteiger partial charge in [-0.15, -0.1) is 0 Å². The van der Waals surface area contributed by atoms with Crippen LogP contribution in [-0.4, -0.2) is 34.1 Å². The van der Waals surface area contributed by atoms with Gasteiger partial charge in [0, 0.05) is 24.7 Å². The minimum atomic E-state index is -0.350. The van der Waals surface area contributed by atoms with Gasteiger partial charge in [-0.3, -0.25) is 0 Å². The highest BCUT2D eigenvalue weighted by molar-refractivity contribution is 5.53. The quantitative estimate of drug-likeness (QED) is 0.393. The van der Waals surface area contributed by atoms with E-state index in [-0.39, 0.29) is 36.1 Å². The number of rotatable bonds is 10. The highest BCUT2D eigenvalue weighted by atomic mass is 16.5. The van der Waals surface area contributed by atoms with Gasteiger partial charge < -0.3 is 20.1 Å². The van der Waals surface area contributed by atoms with Gasteiger partial charge in [0.05, 0.1) is 0 Å². The smallest absolute Gasteiger partial charge is 0.127 e. The molecule has 0 amide bonds. The Balaban J connectivity index is 1.95. The van der Waals surface area contributed by atoms with Crippen LogP contribution in [0, 0.1) is 11.8 Å². The molecule has 1 heterocycles. The van der Waals surface area contributed by atoms with Gasteiger partial charge in [0.25, 0.3) is 0 Å². The Morgan fingerprint density at radius 3 is 2.55 bits per heavy atom. The number of benzene rings is 1. The van der Waals surface area contributed by atoms with Crippen LogP contribution in [-0.2, 0) is 5.41 Å². The van der Waals surface area contributed by atoms with Crippen molar-refractivity contribution in [3.8, 4) is 11.5 Å². The molecule has 2 aliphatic rings. The van der Waals surface area contributed by atoms with Crippen molar-refractivity contribution in [1.82, 2.24) is 0 Å². The van der Waals surface area contributed by atoms with Gasteiger partial charge in [0.1, 0.15) is 17.1 Å². The maximum absolute atomic E-state index is 11.2. The maximum atomic E-state index is 11.2. The average Bonchev–Trinajstić information content (AvgIpc) is 2.74. The van der Waals surface area contributed by atoms with E-state index in [0.717, 1.165) is 49.0 Å². The molecule has 0 unspecified atom stereocenters. The Morgan fingerprint density at radius 2 is 1.87 bits per heavy atom. The molecule has 3 rings (SSSR count). The van der Waals surface area contributed by atoms with E-state index in [1.54, 1.807) is 0 Å². The van der Waals surface area contributed by atoms with Crippen LogP contribution in [0.5, 0.6) is 11.5 Å². The van der Waals surface area contributed by atoms with Crippen LogP contribution in [0.2, 0.25) is 0 Å². The fourth-order valence-corrected chi connectivity index (χ4v) is 6.06. The Hall–Kier alpha value is -1.26. The van der Waals surface area contributed by atoms with E-state index in [2.05, 4.69) is 33.8 Å². The second-order valence-corrected chi connectivity index (χ2v) is 10.9. The van der Waals surface area contributed by atoms with Crippen molar-refractivity contribution in [1.29, 1.82) is 0 Å². The van der Waals surface area contributed by atoms with Gasteiger partial charge in [-0.25, -0.2) is 0 Å². The number of aromatic hydroxyl groups is 1. The van der Waals surface area contributed by atoms with E-state index in [0.29, 0.717) is 18.1 Å². The lowest BCUT2D eigenvalue weighted by Gasteiger charge is -2.51. The lowest BCUT2D eigenvalue weighted by Crippen LogP contribution is -2.49. The number of ether oxygens (including phenoxy) is 1. The first-order valence-corrected chi connectivity index (χ1v) is 12.5. The lowest BCUT2D eigenvalue weighted by molar-refractivity contribution is -0.0436. The molecule has 0 saturated heterocycles. The maximum Gasteiger partial charge on any atom is 0.127 e. The summed E-state index contributed by atoms with van der Waals surface area (Å²) in [5.74, 6) is 1.94. The van der Waals surface area contributed by atoms with Crippen molar-refractivity contribution in [3.05, 3.63) is 23.3 Å². The molecule has 31 heavy (non-hydrogen) atoms. The first-order valence-electron chi connectivity index (χ1n) is 12.5. The summed E-state index contributed by atoms with van der Waals surface area (Å²) >= 11 is 0. The normalized spacial score (nSPS) is 28.0. The van der Waals surface area contributed by atoms with Crippen LogP contribution in [0.15, 0.2) is 12.1 Å². The van der Waals surface area contributed by atoms with Crippen molar-refractivity contribution < 1.29 is 20.1 Å². The number of unbranched alkanes of at least 4 members (excludes halogenated alkanes) is 3. The molecule has 1 aromatic carbocycles. The van der Waals surface area contributed by atoms with E-state index in [1.807, 2.05) is 6.07 Å². The van der Waals surface area contributed by atoms with E-state index in [4.69, 9.17) is 4.74 Å². The number of phenols is 1.